The second-order valence-corrected chi connectivity index (χ2v) is 2.40. The molecule has 0 aromatic rings. The first-order valence-electron chi connectivity index (χ1n) is 2.49. The third kappa shape index (κ3) is 3.36. The van der Waals surface area contributed by atoms with Crippen molar-refractivity contribution in [1.29, 1.82) is 0 Å². The number of carbonyl (C=O) groups is 1. The van der Waals surface area contributed by atoms with Crippen LogP contribution in [0.1, 0.15) is 0 Å². The van der Waals surface area contributed by atoms with Gasteiger partial charge in [-0.15, -0.1) is 0 Å². The molecule has 0 unspecified atom stereocenters. The summed E-state index contributed by atoms with van der Waals surface area (Å²) in [7, 11) is 0. The van der Waals surface area contributed by atoms with Crippen molar-refractivity contribution in [3.63, 3.8) is 0 Å². The van der Waals surface area contributed by atoms with Crippen molar-refractivity contribution in [1.82, 2.24) is 0 Å². The molecule has 0 heterocycles. The normalized spacial score (nSPS) is 11.8. The number of rotatable bonds is 3. The standard InChI is InChI=1S/C6H7NO2.W/c1-2-3-5(4-7)6(8)9;/h1-4H,7H2,(H,8,9);/b3-2-,5-4?;. The van der Waals surface area contributed by atoms with Gasteiger partial charge in [0.05, 0.1) is 0 Å². The van der Waals surface area contributed by atoms with E-state index in [-0.39, 0.29) is 5.57 Å². The molecule has 0 aliphatic heterocycles. The van der Waals surface area contributed by atoms with Gasteiger partial charge in [-0.1, -0.05) is 0 Å². The fourth-order valence-corrected chi connectivity index (χ4v) is 0.623. The first kappa shape index (κ1) is 9.31. The van der Waals surface area contributed by atoms with E-state index in [2.05, 4.69) is 0 Å². The van der Waals surface area contributed by atoms with E-state index in [0.29, 0.717) is 0 Å². The zero-order valence-electron chi connectivity index (χ0n) is 5.15. The van der Waals surface area contributed by atoms with E-state index in [4.69, 9.17) is 10.8 Å². The molecule has 0 saturated carbocycles. The molecule has 0 aromatic carbocycles. The zero-order valence-corrected chi connectivity index (χ0v) is 8.08. The zero-order chi connectivity index (χ0) is 7.98. The van der Waals surface area contributed by atoms with Gasteiger partial charge >= 0.3 is 69.3 Å². The molecule has 0 rings (SSSR count). The summed E-state index contributed by atoms with van der Waals surface area (Å²) in [6, 6.07) is 0. The van der Waals surface area contributed by atoms with Gasteiger partial charge in [-0.3, -0.25) is 0 Å². The van der Waals surface area contributed by atoms with Crippen LogP contribution in [0.25, 0.3) is 0 Å². The molecule has 54 valence electrons. The van der Waals surface area contributed by atoms with Crippen molar-refractivity contribution < 1.29 is 29.3 Å². The summed E-state index contributed by atoms with van der Waals surface area (Å²) in [5, 5.41) is 8.39. The van der Waals surface area contributed by atoms with Crippen molar-refractivity contribution in [2.24, 2.45) is 5.73 Å². The summed E-state index contributed by atoms with van der Waals surface area (Å²) in [5.41, 5.74) is 5.12. The molecule has 0 bridgehead atoms. The second-order valence-electron chi connectivity index (χ2n) is 1.42. The Morgan fingerprint density at radius 1 is 1.60 bits per heavy atom. The molecule has 3 N–H and O–H groups in total. The molecule has 0 saturated heterocycles. The fraction of sp³-hybridized carbons (Fsp3) is 0. The Hall–Kier alpha value is -0.692. The number of carboxylic acid groups (broad SMARTS) is 1. The van der Waals surface area contributed by atoms with Gasteiger partial charge in [0.2, 0.25) is 0 Å². The summed E-state index contributed by atoms with van der Waals surface area (Å²) < 4.78 is 1.81. The van der Waals surface area contributed by atoms with E-state index in [1.54, 1.807) is 6.08 Å². The number of nitrogens with two attached hydrogens (primary N) is 1. The molecule has 0 radical (unpaired) electrons. The number of hydrogen-bond donors (Lipinski definition) is 2. The van der Waals surface area contributed by atoms with Crippen LogP contribution in [0.3, 0.4) is 0 Å². The Balaban J connectivity index is 4.25. The third-order valence-corrected chi connectivity index (χ3v) is 1.35. The summed E-state index contributed by atoms with van der Waals surface area (Å²) in [4.78, 5) is 10.2. The van der Waals surface area contributed by atoms with Gasteiger partial charge in [-0.25, -0.2) is 0 Å². The van der Waals surface area contributed by atoms with Crippen LogP contribution in [-0.4, -0.2) is 15.5 Å². The van der Waals surface area contributed by atoms with Gasteiger partial charge in [0.1, 0.15) is 0 Å². The van der Waals surface area contributed by atoms with Crippen LogP contribution in [0.5, 0.6) is 0 Å². The van der Waals surface area contributed by atoms with Crippen LogP contribution >= 0.6 is 0 Å². The summed E-state index contributed by atoms with van der Waals surface area (Å²) in [6.07, 6.45) is 4.18. The number of carboxylic acids is 1. The molecule has 0 aromatic heterocycles. The van der Waals surface area contributed by atoms with E-state index in [9.17, 15) is 4.79 Å². The minimum absolute atomic E-state index is 0.109. The Morgan fingerprint density at radius 3 is 2.50 bits per heavy atom. The number of allylic oxidation sites excluding steroid dienone is 1. The van der Waals surface area contributed by atoms with Crippen molar-refractivity contribution >= 4 is 10.4 Å². The molecule has 0 amide bonds. The van der Waals surface area contributed by atoms with Crippen LogP contribution in [0.2, 0.25) is 0 Å². The second kappa shape index (κ2) is 5.12. The molecule has 0 fully saturated rings. The molecule has 10 heavy (non-hydrogen) atoms. The molecular formula is C6H7NO2W. The molecule has 0 aliphatic carbocycles. The Kier molecular flexibility index (Phi) is 4.77. The van der Waals surface area contributed by atoms with Gasteiger partial charge in [0, 0.05) is 0 Å². The van der Waals surface area contributed by atoms with E-state index >= 15 is 0 Å². The maximum absolute atomic E-state index is 10.2. The fourth-order valence-electron chi connectivity index (χ4n) is 0.341. The molecule has 3 nitrogen and oxygen atoms in total. The topological polar surface area (TPSA) is 63.3 Å². The third-order valence-electron chi connectivity index (χ3n) is 0.781. The number of hydrogen-bond acceptors (Lipinski definition) is 2. The van der Waals surface area contributed by atoms with Crippen molar-refractivity contribution in [2.45, 2.75) is 0 Å². The maximum atomic E-state index is 10.2. The van der Waals surface area contributed by atoms with Crippen LogP contribution in [0.15, 0.2) is 23.9 Å². The molecule has 0 aliphatic rings. The van der Waals surface area contributed by atoms with Gasteiger partial charge in [-0.05, 0) is 0 Å². The molecular weight excluding hydrogens is 302 g/mol. The van der Waals surface area contributed by atoms with Crippen LogP contribution in [-0.2, 0) is 24.1 Å². The van der Waals surface area contributed by atoms with Gasteiger partial charge in [0.15, 0.2) is 0 Å². The first-order valence-corrected chi connectivity index (χ1v) is 4.18. The van der Waals surface area contributed by atoms with Crippen molar-refractivity contribution in [3.05, 3.63) is 23.9 Å². The summed E-state index contributed by atoms with van der Waals surface area (Å²) in [5.74, 6) is -1.00. The van der Waals surface area contributed by atoms with E-state index in [1.807, 2.05) is 4.40 Å². The summed E-state index contributed by atoms with van der Waals surface area (Å²) >= 11 is 1.27. The average Bonchev–Trinajstić information content (AvgIpc) is 1.89. The van der Waals surface area contributed by atoms with Gasteiger partial charge in [-0.2, -0.15) is 0 Å². The molecule has 0 atom stereocenters. The van der Waals surface area contributed by atoms with Gasteiger partial charge < -0.3 is 0 Å². The van der Waals surface area contributed by atoms with Crippen molar-refractivity contribution in [3.8, 4) is 0 Å². The van der Waals surface area contributed by atoms with Crippen LogP contribution in [0, 0.1) is 0 Å². The first-order chi connectivity index (χ1) is 4.72. The predicted octanol–water partition coefficient (Wildman–Crippen LogP) is -0.181. The Labute approximate surface area is 69.6 Å². The van der Waals surface area contributed by atoms with E-state index < -0.39 is 5.97 Å². The Morgan fingerprint density at radius 2 is 2.20 bits per heavy atom. The Bertz CT molecular complexity index is 196. The molecule has 4 heteroatoms. The summed E-state index contributed by atoms with van der Waals surface area (Å²) in [6.45, 7) is 0. The van der Waals surface area contributed by atoms with Gasteiger partial charge in [0.25, 0.3) is 0 Å². The van der Waals surface area contributed by atoms with E-state index in [1.165, 1.54) is 25.4 Å². The number of aliphatic carboxylic acids is 1. The SMILES string of the molecule is NC=C(/C=C\[CH]=[W])C(=O)O. The van der Waals surface area contributed by atoms with E-state index in [0.717, 1.165) is 6.20 Å². The minimum atomic E-state index is -1.00. The molecule has 0 spiro atoms. The monoisotopic (exact) mass is 309 g/mol. The predicted molar refractivity (Wildman–Crippen MR) is 35.1 cm³/mol. The quantitative estimate of drug-likeness (QED) is 0.561. The van der Waals surface area contributed by atoms with Crippen molar-refractivity contribution in [2.75, 3.05) is 0 Å². The average molecular weight is 309 g/mol. The van der Waals surface area contributed by atoms with Crippen LogP contribution < -0.4 is 5.73 Å². The van der Waals surface area contributed by atoms with Crippen LogP contribution in [0.4, 0.5) is 0 Å².